The highest BCUT2D eigenvalue weighted by Gasteiger charge is 2.16. The molecular weight excluding hydrogens is 470 g/mol. The van der Waals surface area contributed by atoms with Gasteiger partial charge in [0.25, 0.3) is 0 Å². The number of anilines is 3. The van der Waals surface area contributed by atoms with Gasteiger partial charge in [-0.25, -0.2) is 4.98 Å². The number of nitrogens with one attached hydrogen (secondary N) is 2. The molecule has 6 nitrogen and oxygen atoms in total. The zero-order chi connectivity index (χ0) is 26.7. The van der Waals surface area contributed by atoms with E-state index in [1.165, 1.54) is 35.0 Å². The number of aromatic nitrogens is 3. The third kappa shape index (κ3) is 6.85. The van der Waals surface area contributed by atoms with Gasteiger partial charge in [-0.2, -0.15) is 0 Å². The van der Waals surface area contributed by atoms with Crippen LogP contribution in [0.4, 0.5) is 17.3 Å². The number of rotatable bonds is 11. The lowest BCUT2D eigenvalue weighted by molar-refractivity contribution is 0.320. The highest BCUT2D eigenvalue weighted by molar-refractivity contribution is 5.88. The number of ether oxygens (including phenoxy) is 1. The Balaban J connectivity index is 0.00000164. The van der Waals surface area contributed by atoms with Crippen LogP contribution < -0.4 is 15.0 Å². The van der Waals surface area contributed by atoms with Crippen LogP contribution in [0.1, 0.15) is 70.3 Å². The number of benzene rings is 1. The maximum atomic E-state index is 6.22. The first kappa shape index (κ1) is 27.5. The molecule has 0 saturated carbocycles. The van der Waals surface area contributed by atoms with Crippen LogP contribution >= 0.6 is 0 Å². The van der Waals surface area contributed by atoms with Gasteiger partial charge < -0.3 is 19.9 Å². The molecule has 3 heterocycles. The van der Waals surface area contributed by atoms with Crippen LogP contribution in [0, 0.1) is 0 Å². The molecule has 6 heteroatoms. The predicted molar refractivity (Wildman–Crippen MR) is 160 cm³/mol. The van der Waals surface area contributed by atoms with Crippen molar-refractivity contribution in [2.24, 2.45) is 0 Å². The van der Waals surface area contributed by atoms with Crippen molar-refractivity contribution in [2.45, 2.75) is 72.6 Å². The molecular formula is C32H43N5O. The van der Waals surface area contributed by atoms with Gasteiger partial charge in [-0.05, 0) is 74.4 Å². The number of H-pyrrole nitrogens is 1. The molecule has 0 unspecified atom stereocenters. The molecule has 4 aromatic rings. The van der Waals surface area contributed by atoms with Crippen LogP contribution in [-0.4, -0.2) is 34.6 Å². The van der Waals surface area contributed by atoms with E-state index in [4.69, 9.17) is 9.72 Å². The van der Waals surface area contributed by atoms with Gasteiger partial charge in [-0.1, -0.05) is 33.8 Å². The van der Waals surface area contributed by atoms with Crippen molar-refractivity contribution >= 4 is 28.2 Å². The number of fused-ring (bicyclic) bond motifs is 3. The fraction of sp³-hybridized carbons (Fsp3) is 0.438. The van der Waals surface area contributed by atoms with Gasteiger partial charge in [0.2, 0.25) is 0 Å². The van der Waals surface area contributed by atoms with Crippen molar-refractivity contribution < 1.29 is 4.74 Å². The molecule has 38 heavy (non-hydrogen) atoms. The van der Waals surface area contributed by atoms with Gasteiger partial charge in [-0.3, -0.25) is 4.98 Å². The molecule has 0 amide bonds. The SMILES string of the molecule is CC.CCCN(CCC)c1cc(OCCc2ccccn2)cc(Nc2ccc3[nH]c4c(c3c2)CCCC4)n1. The Morgan fingerprint density at radius 3 is 2.55 bits per heavy atom. The molecule has 0 aliphatic heterocycles. The highest BCUT2D eigenvalue weighted by Crippen LogP contribution is 2.32. The summed E-state index contributed by atoms with van der Waals surface area (Å²) in [5, 5.41) is 4.91. The number of hydrogen-bond acceptors (Lipinski definition) is 5. The molecule has 3 aromatic heterocycles. The third-order valence-electron chi connectivity index (χ3n) is 6.82. The summed E-state index contributed by atoms with van der Waals surface area (Å²) in [6.07, 6.45) is 9.60. The largest absolute Gasteiger partial charge is 0.493 e. The second kappa shape index (κ2) is 13.8. The summed E-state index contributed by atoms with van der Waals surface area (Å²) in [6, 6.07) is 16.7. The Morgan fingerprint density at radius 1 is 0.974 bits per heavy atom. The number of pyridine rings is 2. The summed E-state index contributed by atoms with van der Waals surface area (Å²) < 4.78 is 6.22. The Labute approximate surface area is 227 Å². The fourth-order valence-corrected chi connectivity index (χ4v) is 5.13. The van der Waals surface area contributed by atoms with E-state index in [0.29, 0.717) is 6.61 Å². The summed E-state index contributed by atoms with van der Waals surface area (Å²) in [4.78, 5) is 15.4. The molecule has 0 saturated heterocycles. The lowest BCUT2D eigenvalue weighted by Gasteiger charge is -2.24. The van der Waals surface area contributed by atoms with Crippen molar-refractivity contribution in [1.82, 2.24) is 15.0 Å². The minimum absolute atomic E-state index is 0.572. The van der Waals surface area contributed by atoms with Crippen LogP contribution in [0.5, 0.6) is 5.75 Å². The molecule has 5 rings (SSSR count). The number of hydrogen-bond donors (Lipinski definition) is 2. The zero-order valence-electron chi connectivity index (χ0n) is 23.5. The monoisotopic (exact) mass is 513 g/mol. The second-order valence-corrected chi connectivity index (χ2v) is 9.63. The predicted octanol–water partition coefficient (Wildman–Crippen LogP) is 7.85. The zero-order valence-corrected chi connectivity index (χ0v) is 23.5. The minimum Gasteiger partial charge on any atom is -0.493 e. The molecule has 202 valence electrons. The van der Waals surface area contributed by atoms with Gasteiger partial charge in [0.1, 0.15) is 17.4 Å². The average Bonchev–Trinajstić information content (AvgIpc) is 3.32. The van der Waals surface area contributed by atoms with E-state index in [2.05, 4.69) is 58.3 Å². The Morgan fingerprint density at radius 2 is 1.79 bits per heavy atom. The lowest BCUT2D eigenvalue weighted by atomic mass is 9.95. The summed E-state index contributed by atoms with van der Waals surface area (Å²) in [6.45, 7) is 10.9. The van der Waals surface area contributed by atoms with E-state index >= 15 is 0 Å². The van der Waals surface area contributed by atoms with Crippen molar-refractivity contribution in [3.8, 4) is 5.75 Å². The van der Waals surface area contributed by atoms with Gasteiger partial charge in [-0.15, -0.1) is 0 Å². The number of aromatic amines is 1. The van der Waals surface area contributed by atoms with Crippen LogP contribution in [0.15, 0.2) is 54.7 Å². The Hall–Kier alpha value is -3.54. The van der Waals surface area contributed by atoms with Crippen molar-refractivity contribution in [2.75, 3.05) is 29.9 Å². The molecule has 1 aliphatic rings. The molecule has 0 spiro atoms. The first-order valence-corrected chi connectivity index (χ1v) is 14.4. The second-order valence-electron chi connectivity index (χ2n) is 9.63. The molecule has 2 N–H and O–H groups in total. The van der Waals surface area contributed by atoms with Crippen LogP contribution in [0.3, 0.4) is 0 Å². The van der Waals surface area contributed by atoms with Crippen molar-refractivity contribution in [3.63, 3.8) is 0 Å². The van der Waals surface area contributed by atoms with E-state index in [-0.39, 0.29) is 0 Å². The topological polar surface area (TPSA) is 66.1 Å². The van der Waals surface area contributed by atoms with Crippen molar-refractivity contribution in [3.05, 3.63) is 71.7 Å². The van der Waals surface area contributed by atoms with Crippen LogP contribution in [-0.2, 0) is 19.3 Å². The highest BCUT2D eigenvalue weighted by atomic mass is 16.5. The minimum atomic E-state index is 0.572. The normalized spacial score (nSPS) is 12.4. The van der Waals surface area contributed by atoms with E-state index in [1.54, 1.807) is 0 Å². The molecule has 0 atom stereocenters. The summed E-state index contributed by atoms with van der Waals surface area (Å²) in [7, 11) is 0. The molecule has 0 radical (unpaired) electrons. The van der Waals surface area contributed by atoms with E-state index in [9.17, 15) is 0 Å². The molecule has 0 fully saturated rings. The summed E-state index contributed by atoms with van der Waals surface area (Å²) in [5.74, 6) is 2.59. The summed E-state index contributed by atoms with van der Waals surface area (Å²) in [5.41, 5.74) is 6.21. The molecule has 1 aromatic carbocycles. The molecule has 0 bridgehead atoms. The Bertz CT molecular complexity index is 1280. The van der Waals surface area contributed by atoms with Crippen LogP contribution in [0.2, 0.25) is 0 Å². The third-order valence-corrected chi connectivity index (χ3v) is 6.82. The van der Waals surface area contributed by atoms with E-state index in [0.717, 1.165) is 74.0 Å². The van der Waals surface area contributed by atoms with Crippen LogP contribution in [0.25, 0.3) is 10.9 Å². The smallest absolute Gasteiger partial charge is 0.136 e. The lowest BCUT2D eigenvalue weighted by Crippen LogP contribution is -2.26. The van der Waals surface area contributed by atoms with E-state index in [1.807, 2.05) is 44.3 Å². The maximum Gasteiger partial charge on any atom is 0.136 e. The number of nitrogens with zero attached hydrogens (tertiary/aromatic N) is 3. The fourth-order valence-electron chi connectivity index (χ4n) is 5.13. The molecule has 1 aliphatic carbocycles. The van der Waals surface area contributed by atoms with Gasteiger partial charge in [0.05, 0.1) is 6.61 Å². The van der Waals surface area contributed by atoms with Crippen molar-refractivity contribution in [1.29, 1.82) is 0 Å². The Kier molecular flexibility index (Phi) is 10.0. The van der Waals surface area contributed by atoms with Gasteiger partial charge in [0, 0.05) is 65.8 Å². The quantitative estimate of drug-likeness (QED) is 0.214. The summed E-state index contributed by atoms with van der Waals surface area (Å²) >= 11 is 0. The van der Waals surface area contributed by atoms with E-state index < -0.39 is 0 Å². The first-order valence-electron chi connectivity index (χ1n) is 14.4. The van der Waals surface area contributed by atoms with Gasteiger partial charge >= 0.3 is 0 Å². The number of aryl methyl sites for hydroxylation is 2. The first-order chi connectivity index (χ1) is 18.7. The maximum absolute atomic E-state index is 6.22. The van der Waals surface area contributed by atoms with Gasteiger partial charge in [0.15, 0.2) is 0 Å². The average molecular weight is 514 g/mol. The standard InChI is InChI=1S/C30H37N5O.C2H6/c1-3-16-35(17-4-2)30-21-24(36-18-14-22-9-7-8-15-31-22)20-29(34-30)32-23-12-13-28-26(19-23)25-10-5-6-11-27(25)33-28;1-2/h7-9,12-13,15,19-21,33H,3-6,10-11,14,16-18H2,1-2H3,(H,32,34);1-2H3.